The number of sulfonamides is 1. The van der Waals surface area contributed by atoms with E-state index in [0.29, 0.717) is 0 Å². The first kappa shape index (κ1) is 13.1. The lowest BCUT2D eigenvalue weighted by Crippen LogP contribution is -2.36. The molecule has 0 aliphatic carbocycles. The molecule has 16 heavy (non-hydrogen) atoms. The lowest BCUT2D eigenvalue weighted by Gasteiger charge is -2.18. The minimum absolute atomic E-state index is 0.0596. The summed E-state index contributed by atoms with van der Waals surface area (Å²) in [5, 5.41) is 0. The zero-order chi connectivity index (χ0) is 12.3. The maximum Gasteiger partial charge on any atom is 0.242 e. The SMILES string of the molecule is CC(N)CN(C)S(=O)(=O)c1cccc(F)c1. The van der Waals surface area contributed by atoms with Crippen LogP contribution in [0.5, 0.6) is 0 Å². The average Bonchev–Trinajstić information content (AvgIpc) is 2.16. The molecule has 1 unspecified atom stereocenters. The van der Waals surface area contributed by atoms with Crippen LogP contribution in [0.3, 0.4) is 0 Å². The van der Waals surface area contributed by atoms with Crippen molar-refractivity contribution in [2.24, 2.45) is 5.73 Å². The molecule has 1 aromatic carbocycles. The predicted molar refractivity (Wildman–Crippen MR) is 59.9 cm³/mol. The van der Waals surface area contributed by atoms with E-state index in [1.54, 1.807) is 6.92 Å². The van der Waals surface area contributed by atoms with E-state index in [1.165, 1.54) is 25.2 Å². The Kier molecular flexibility index (Phi) is 4.01. The van der Waals surface area contributed by atoms with Gasteiger partial charge >= 0.3 is 0 Å². The topological polar surface area (TPSA) is 63.4 Å². The van der Waals surface area contributed by atoms with Gasteiger partial charge in [-0.25, -0.2) is 12.8 Å². The summed E-state index contributed by atoms with van der Waals surface area (Å²) in [5.41, 5.74) is 5.52. The molecule has 1 atom stereocenters. The van der Waals surface area contributed by atoms with Gasteiger partial charge in [-0.05, 0) is 25.1 Å². The van der Waals surface area contributed by atoms with Gasteiger partial charge in [0.25, 0.3) is 0 Å². The van der Waals surface area contributed by atoms with Crippen LogP contribution in [0.2, 0.25) is 0 Å². The highest BCUT2D eigenvalue weighted by molar-refractivity contribution is 7.89. The Morgan fingerprint density at radius 2 is 2.12 bits per heavy atom. The zero-order valence-corrected chi connectivity index (χ0v) is 10.0. The Bertz CT molecular complexity index is 460. The fourth-order valence-corrected chi connectivity index (χ4v) is 2.61. The van der Waals surface area contributed by atoms with Gasteiger partial charge in [0.15, 0.2) is 0 Å². The summed E-state index contributed by atoms with van der Waals surface area (Å²) >= 11 is 0. The normalized spacial score (nSPS) is 14.1. The van der Waals surface area contributed by atoms with Crippen molar-refractivity contribution in [3.05, 3.63) is 30.1 Å². The largest absolute Gasteiger partial charge is 0.327 e. The maximum atomic E-state index is 12.9. The summed E-state index contributed by atoms with van der Waals surface area (Å²) in [6, 6.07) is 4.64. The number of rotatable bonds is 4. The number of halogens is 1. The van der Waals surface area contributed by atoms with E-state index in [-0.39, 0.29) is 17.5 Å². The molecular weight excluding hydrogens is 231 g/mol. The van der Waals surface area contributed by atoms with E-state index in [9.17, 15) is 12.8 Å². The van der Waals surface area contributed by atoms with E-state index in [1.807, 2.05) is 0 Å². The minimum atomic E-state index is -3.64. The molecule has 0 saturated heterocycles. The molecule has 0 bridgehead atoms. The quantitative estimate of drug-likeness (QED) is 0.854. The van der Waals surface area contributed by atoms with Crippen molar-refractivity contribution in [3.8, 4) is 0 Å². The molecule has 0 spiro atoms. The van der Waals surface area contributed by atoms with Crippen molar-refractivity contribution in [2.45, 2.75) is 17.9 Å². The van der Waals surface area contributed by atoms with Crippen molar-refractivity contribution >= 4 is 10.0 Å². The van der Waals surface area contributed by atoms with Gasteiger partial charge in [-0.1, -0.05) is 6.07 Å². The summed E-state index contributed by atoms with van der Waals surface area (Å²) in [5.74, 6) is -0.574. The second-order valence-corrected chi connectivity index (χ2v) is 5.77. The second-order valence-electron chi connectivity index (χ2n) is 3.72. The minimum Gasteiger partial charge on any atom is -0.327 e. The number of nitrogens with zero attached hydrogens (tertiary/aromatic N) is 1. The molecule has 2 N–H and O–H groups in total. The van der Waals surface area contributed by atoms with Gasteiger partial charge in [0, 0.05) is 19.6 Å². The summed E-state index contributed by atoms with van der Waals surface area (Å²) in [6.45, 7) is 1.90. The summed E-state index contributed by atoms with van der Waals surface area (Å²) in [6.07, 6.45) is 0. The zero-order valence-electron chi connectivity index (χ0n) is 9.22. The van der Waals surface area contributed by atoms with Gasteiger partial charge in [0.1, 0.15) is 5.82 Å². The first-order valence-electron chi connectivity index (χ1n) is 4.81. The van der Waals surface area contributed by atoms with Crippen molar-refractivity contribution < 1.29 is 12.8 Å². The van der Waals surface area contributed by atoms with Crippen LogP contribution in [0.4, 0.5) is 4.39 Å². The molecule has 0 aromatic heterocycles. The molecule has 1 rings (SSSR count). The number of hydrogen-bond acceptors (Lipinski definition) is 3. The molecule has 1 aromatic rings. The molecule has 6 heteroatoms. The third kappa shape index (κ3) is 3.01. The lowest BCUT2D eigenvalue weighted by atomic mass is 10.4. The maximum absolute atomic E-state index is 12.9. The van der Waals surface area contributed by atoms with Crippen LogP contribution in [-0.4, -0.2) is 32.4 Å². The molecule has 0 amide bonds. The molecule has 90 valence electrons. The lowest BCUT2D eigenvalue weighted by molar-refractivity contribution is 0.444. The first-order valence-corrected chi connectivity index (χ1v) is 6.25. The van der Waals surface area contributed by atoms with Crippen LogP contribution in [0.25, 0.3) is 0 Å². The Morgan fingerprint density at radius 1 is 1.50 bits per heavy atom. The molecule has 0 saturated carbocycles. The monoisotopic (exact) mass is 246 g/mol. The highest BCUT2D eigenvalue weighted by Crippen LogP contribution is 2.15. The summed E-state index contributed by atoms with van der Waals surface area (Å²) < 4.78 is 37.9. The van der Waals surface area contributed by atoms with Crippen molar-refractivity contribution in [1.82, 2.24) is 4.31 Å². The average molecular weight is 246 g/mol. The molecule has 0 heterocycles. The molecular formula is C10H15FN2O2S. The molecule has 0 aliphatic rings. The van der Waals surface area contributed by atoms with E-state index in [2.05, 4.69) is 0 Å². The van der Waals surface area contributed by atoms with Crippen LogP contribution < -0.4 is 5.73 Å². The fraction of sp³-hybridized carbons (Fsp3) is 0.400. The first-order chi connectivity index (χ1) is 7.34. The van der Waals surface area contributed by atoms with E-state index in [0.717, 1.165) is 10.4 Å². The predicted octanol–water partition coefficient (Wildman–Crippen LogP) is 0.793. The Hall–Kier alpha value is -0.980. The van der Waals surface area contributed by atoms with Crippen LogP contribution in [0, 0.1) is 5.82 Å². The van der Waals surface area contributed by atoms with Crippen molar-refractivity contribution in [3.63, 3.8) is 0 Å². The fourth-order valence-electron chi connectivity index (χ4n) is 1.31. The third-order valence-electron chi connectivity index (χ3n) is 2.05. The van der Waals surface area contributed by atoms with Crippen molar-refractivity contribution in [1.29, 1.82) is 0 Å². The number of likely N-dealkylation sites (N-methyl/N-ethyl adjacent to an activating group) is 1. The second kappa shape index (κ2) is 4.90. The van der Waals surface area contributed by atoms with Crippen LogP contribution in [0.15, 0.2) is 29.2 Å². The summed E-state index contributed by atoms with van der Waals surface area (Å²) in [4.78, 5) is -0.0596. The molecule has 0 radical (unpaired) electrons. The molecule has 0 aliphatic heterocycles. The number of nitrogens with two attached hydrogens (primary N) is 1. The third-order valence-corrected chi connectivity index (χ3v) is 3.87. The van der Waals surface area contributed by atoms with E-state index in [4.69, 9.17) is 5.73 Å². The molecule has 4 nitrogen and oxygen atoms in total. The van der Waals surface area contributed by atoms with E-state index < -0.39 is 15.8 Å². The van der Waals surface area contributed by atoms with Crippen molar-refractivity contribution in [2.75, 3.05) is 13.6 Å². The van der Waals surface area contributed by atoms with Gasteiger partial charge in [-0.3, -0.25) is 0 Å². The Morgan fingerprint density at radius 3 is 2.62 bits per heavy atom. The van der Waals surface area contributed by atoms with E-state index >= 15 is 0 Å². The number of benzene rings is 1. The summed E-state index contributed by atoms with van der Waals surface area (Å²) in [7, 11) is -2.22. The Labute approximate surface area is 94.9 Å². The van der Waals surface area contributed by atoms with Gasteiger partial charge < -0.3 is 5.73 Å². The number of hydrogen-bond donors (Lipinski definition) is 1. The van der Waals surface area contributed by atoms with Crippen LogP contribution >= 0.6 is 0 Å². The highest BCUT2D eigenvalue weighted by Gasteiger charge is 2.21. The highest BCUT2D eigenvalue weighted by atomic mass is 32.2. The Balaban J connectivity index is 3.02. The van der Waals surface area contributed by atoms with Gasteiger partial charge in [-0.15, -0.1) is 0 Å². The van der Waals surface area contributed by atoms with Gasteiger partial charge in [0.2, 0.25) is 10.0 Å². The van der Waals surface area contributed by atoms with Crippen LogP contribution in [0.1, 0.15) is 6.92 Å². The smallest absolute Gasteiger partial charge is 0.242 e. The standard InChI is InChI=1S/C10H15FN2O2S/c1-8(12)7-13(2)16(14,15)10-5-3-4-9(11)6-10/h3-6,8H,7,12H2,1-2H3. The molecule has 0 fully saturated rings. The van der Waals surface area contributed by atoms with Gasteiger partial charge in [-0.2, -0.15) is 4.31 Å². The van der Waals surface area contributed by atoms with Gasteiger partial charge in [0.05, 0.1) is 4.90 Å². The van der Waals surface area contributed by atoms with Crippen LogP contribution in [-0.2, 0) is 10.0 Å².